The summed E-state index contributed by atoms with van der Waals surface area (Å²) in [7, 11) is 2.08. The van der Waals surface area contributed by atoms with Gasteiger partial charge in [-0.05, 0) is 43.5 Å². The number of carbonyl (C=O) groups excluding carboxylic acids is 1. The average molecular weight is 242 g/mol. The van der Waals surface area contributed by atoms with Crippen molar-refractivity contribution in [3.8, 4) is 6.07 Å². The molecule has 0 aliphatic carbocycles. The fourth-order valence-electron chi connectivity index (χ4n) is 2.40. The van der Waals surface area contributed by atoms with E-state index in [-0.39, 0.29) is 11.7 Å². The molecule has 1 atom stereocenters. The van der Waals surface area contributed by atoms with E-state index in [1.165, 1.54) is 11.3 Å². The molecule has 1 heterocycles. The van der Waals surface area contributed by atoms with Crippen molar-refractivity contribution in [3.63, 3.8) is 0 Å². The lowest BCUT2D eigenvalue weighted by atomic mass is 9.95. The van der Waals surface area contributed by atoms with Gasteiger partial charge in [-0.15, -0.1) is 0 Å². The van der Waals surface area contributed by atoms with Crippen LogP contribution in [-0.2, 0) is 6.42 Å². The maximum Gasteiger partial charge on any atom is 0.164 e. The molecule has 94 valence electrons. The minimum Gasteiger partial charge on any atom is -0.374 e. The van der Waals surface area contributed by atoms with Gasteiger partial charge in [-0.2, -0.15) is 5.26 Å². The molecule has 0 fully saturated rings. The second-order valence-corrected chi connectivity index (χ2v) is 5.03. The standard InChI is InChI=1S/C15H18N2O/c1-11(10-16)8-15(18)13-5-6-14-12(9-13)4-3-7-17(14)2/h5-6,9,11H,3-4,7-8H2,1-2H3. The molecule has 1 unspecified atom stereocenters. The Morgan fingerprint density at radius 2 is 2.33 bits per heavy atom. The molecule has 3 nitrogen and oxygen atoms in total. The van der Waals surface area contributed by atoms with Gasteiger partial charge < -0.3 is 4.90 Å². The highest BCUT2D eigenvalue weighted by Gasteiger charge is 2.17. The third-order valence-corrected chi connectivity index (χ3v) is 3.46. The molecule has 0 saturated carbocycles. The number of fused-ring (bicyclic) bond motifs is 1. The van der Waals surface area contributed by atoms with Gasteiger partial charge in [-0.1, -0.05) is 0 Å². The van der Waals surface area contributed by atoms with Crippen LogP contribution in [0.3, 0.4) is 0 Å². The molecule has 1 aliphatic rings. The van der Waals surface area contributed by atoms with Gasteiger partial charge in [0, 0.05) is 31.3 Å². The summed E-state index contributed by atoms with van der Waals surface area (Å²) in [5, 5.41) is 8.75. The third-order valence-electron chi connectivity index (χ3n) is 3.46. The first kappa shape index (κ1) is 12.6. The molecule has 3 heteroatoms. The molecule has 2 rings (SSSR count). The van der Waals surface area contributed by atoms with Crippen molar-refractivity contribution in [2.75, 3.05) is 18.5 Å². The van der Waals surface area contributed by atoms with Crippen molar-refractivity contribution in [2.45, 2.75) is 26.2 Å². The van der Waals surface area contributed by atoms with Crippen molar-refractivity contribution in [1.82, 2.24) is 0 Å². The zero-order valence-corrected chi connectivity index (χ0v) is 10.9. The summed E-state index contributed by atoms with van der Waals surface area (Å²) < 4.78 is 0. The fraction of sp³-hybridized carbons (Fsp3) is 0.467. The topological polar surface area (TPSA) is 44.1 Å². The van der Waals surface area contributed by atoms with Gasteiger partial charge in [-0.25, -0.2) is 0 Å². The van der Waals surface area contributed by atoms with Gasteiger partial charge in [0.05, 0.1) is 12.0 Å². The summed E-state index contributed by atoms with van der Waals surface area (Å²) in [6.07, 6.45) is 2.48. The lowest BCUT2D eigenvalue weighted by Crippen LogP contribution is -2.24. The van der Waals surface area contributed by atoms with Gasteiger partial charge >= 0.3 is 0 Å². The zero-order valence-electron chi connectivity index (χ0n) is 10.9. The van der Waals surface area contributed by atoms with Crippen LogP contribution in [0.25, 0.3) is 0 Å². The first-order chi connectivity index (χ1) is 8.61. The summed E-state index contributed by atoms with van der Waals surface area (Å²) in [5.74, 6) is -0.142. The Hall–Kier alpha value is -1.82. The summed E-state index contributed by atoms with van der Waals surface area (Å²) in [6.45, 7) is 2.86. The summed E-state index contributed by atoms with van der Waals surface area (Å²) in [6, 6.07) is 8.01. The lowest BCUT2D eigenvalue weighted by molar-refractivity contribution is 0.0972. The number of carbonyl (C=O) groups is 1. The largest absolute Gasteiger partial charge is 0.374 e. The monoisotopic (exact) mass is 242 g/mol. The van der Waals surface area contributed by atoms with Gasteiger partial charge in [-0.3, -0.25) is 4.79 Å². The van der Waals surface area contributed by atoms with Crippen LogP contribution in [0.1, 0.15) is 35.7 Å². The van der Waals surface area contributed by atoms with Crippen LogP contribution in [0, 0.1) is 17.2 Å². The van der Waals surface area contributed by atoms with Crippen molar-refractivity contribution < 1.29 is 4.79 Å². The Bertz CT molecular complexity index is 502. The van der Waals surface area contributed by atoms with Crippen LogP contribution in [0.15, 0.2) is 18.2 Å². The number of nitrogens with zero attached hydrogens (tertiary/aromatic N) is 2. The number of aryl methyl sites for hydroxylation is 1. The molecule has 0 bridgehead atoms. The molecule has 18 heavy (non-hydrogen) atoms. The highest BCUT2D eigenvalue weighted by atomic mass is 16.1. The van der Waals surface area contributed by atoms with E-state index >= 15 is 0 Å². The highest BCUT2D eigenvalue weighted by Crippen LogP contribution is 2.27. The molecule has 0 amide bonds. The molecular formula is C15H18N2O. The van der Waals surface area contributed by atoms with Crippen molar-refractivity contribution in [1.29, 1.82) is 5.26 Å². The SMILES string of the molecule is CC(C#N)CC(=O)c1ccc2c(c1)CCCN2C. The third kappa shape index (κ3) is 2.53. The molecule has 1 aliphatic heterocycles. The maximum absolute atomic E-state index is 12.0. The molecule has 0 spiro atoms. The van der Waals surface area contributed by atoms with Gasteiger partial charge in [0.25, 0.3) is 0 Å². The number of hydrogen-bond acceptors (Lipinski definition) is 3. The van der Waals surface area contributed by atoms with Gasteiger partial charge in [0.15, 0.2) is 5.78 Å². The number of rotatable bonds is 3. The van der Waals surface area contributed by atoms with E-state index in [2.05, 4.69) is 18.0 Å². The molecule has 0 radical (unpaired) electrons. The molecule has 0 N–H and O–H groups in total. The molecule has 1 aromatic rings. The smallest absolute Gasteiger partial charge is 0.164 e. The minimum absolute atomic E-state index is 0.0695. The van der Waals surface area contributed by atoms with Crippen LogP contribution >= 0.6 is 0 Å². The van der Waals surface area contributed by atoms with E-state index in [1.54, 1.807) is 6.92 Å². The number of nitriles is 1. The predicted octanol–water partition coefficient (Wildman–Crippen LogP) is 2.80. The first-order valence-electron chi connectivity index (χ1n) is 6.38. The van der Waals surface area contributed by atoms with Crippen molar-refractivity contribution >= 4 is 11.5 Å². The quantitative estimate of drug-likeness (QED) is 0.765. The maximum atomic E-state index is 12.0. The number of hydrogen-bond donors (Lipinski definition) is 0. The first-order valence-corrected chi connectivity index (χ1v) is 6.38. The van der Waals surface area contributed by atoms with Gasteiger partial charge in [0.2, 0.25) is 0 Å². The van der Waals surface area contributed by atoms with Crippen LogP contribution in [0.4, 0.5) is 5.69 Å². The zero-order chi connectivity index (χ0) is 13.1. The van der Waals surface area contributed by atoms with E-state index in [0.717, 1.165) is 24.9 Å². The van der Waals surface area contributed by atoms with E-state index in [1.807, 2.05) is 18.2 Å². The van der Waals surface area contributed by atoms with Gasteiger partial charge in [0.1, 0.15) is 0 Å². The number of benzene rings is 1. The highest BCUT2D eigenvalue weighted by molar-refractivity contribution is 5.97. The van der Waals surface area contributed by atoms with Crippen LogP contribution < -0.4 is 4.90 Å². The van der Waals surface area contributed by atoms with E-state index in [0.29, 0.717) is 6.42 Å². The second-order valence-electron chi connectivity index (χ2n) is 5.03. The summed E-state index contributed by atoms with van der Waals surface area (Å²) in [4.78, 5) is 14.2. The molecule has 1 aromatic carbocycles. The van der Waals surface area contributed by atoms with Crippen molar-refractivity contribution in [2.24, 2.45) is 5.92 Å². The second kappa shape index (κ2) is 5.22. The molecule has 0 aromatic heterocycles. The van der Waals surface area contributed by atoms with Crippen LogP contribution in [-0.4, -0.2) is 19.4 Å². The Kier molecular flexibility index (Phi) is 3.66. The van der Waals surface area contributed by atoms with E-state index in [4.69, 9.17) is 5.26 Å². The van der Waals surface area contributed by atoms with Crippen LogP contribution in [0.2, 0.25) is 0 Å². The molecular weight excluding hydrogens is 224 g/mol. The molecule has 0 saturated heterocycles. The Morgan fingerprint density at radius 1 is 1.56 bits per heavy atom. The van der Waals surface area contributed by atoms with Crippen molar-refractivity contribution in [3.05, 3.63) is 29.3 Å². The predicted molar refractivity (Wildman–Crippen MR) is 71.8 cm³/mol. The van der Waals surface area contributed by atoms with E-state index in [9.17, 15) is 4.79 Å². The summed E-state index contributed by atoms with van der Waals surface area (Å²) in [5.41, 5.74) is 3.22. The Labute approximate surface area is 108 Å². The lowest BCUT2D eigenvalue weighted by Gasteiger charge is -2.27. The Balaban J connectivity index is 2.21. The van der Waals surface area contributed by atoms with E-state index < -0.39 is 0 Å². The number of anilines is 1. The Morgan fingerprint density at radius 3 is 3.06 bits per heavy atom. The summed E-state index contributed by atoms with van der Waals surface area (Å²) >= 11 is 0. The number of Topliss-reactive ketones (excluding diaryl/α,β-unsaturated/α-hetero) is 1. The number of ketones is 1. The van der Waals surface area contributed by atoms with Crippen LogP contribution in [0.5, 0.6) is 0 Å². The minimum atomic E-state index is -0.212. The normalized spacial score (nSPS) is 15.7. The average Bonchev–Trinajstić information content (AvgIpc) is 2.38. The fourth-order valence-corrected chi connectivity index (χ4v) is 2.40.